The SMILES string of the molecule is C/C=C\C1=C(C(=O)O[Si](C)(C)C)N2C(=O)[C@@H](NC(=O)C(N/C(C)=C/C(=O)OC)c3ccc(O[Si](C)(C)C)cc3)[C@H]2SC1. The highest BCUT2D eigenvalue weighted by Crippen LogP contribution is 2.41. The van der Waals surface area contributed by atoms with E-state index in [9.17, 15) is 19.2 Å². The third kappa shape index (κ3) is 8.38. The van der Waals surface area contributed by atoms with Gasteiger partial charge in [-0.15, -0.1) is 11.8 Å². The molecular weight excluding hydrogens is 591 g/mol. The molecule has 1 fully saturated rings. The Kier molecular flexibility index (Phi) is 10.5. The lowest BCUT2D eigenvalue weighted by Gasteiger charge is -2.50. The van der Waals surface area contributed by atoms with Crippen molar-refractivity contribution >= 4 is 52.1 Å². The summed E-state index contributed by atoms with van der Waals surface area (Å²) in [6.07, 6.45) is 4.89. The molecule has 1 saturated heterocycles. The van der Waals surface area contributed by atoms with E-state index in [-0.39, 0.29) is 11.6 Å². The highest BCUT2D eigenvalue weighted by atomic mass is 32.2. The molecule has 0 saturated carbocycles. The standard InChI is InChI=1S/C29H41N3O7SSi2/c1-10-11-20-17-40-28-24(27(35)32(28)25(20)29(36)39-42(7,8)9)31-26(34)23(30-18(2)16-22(33)37-3)19-12-14-21(15-13-19)38-41(4,5)6/h10-16,23-24,28,30H,17H2,1-9H3,(H,31,34)/b11-10-,18-16+/t23?,24-,28-/m1/s1. The fraction of sp³-hybridized carbons (Fsp3) is 0.448. The Morgan fingerprint density at radius 1 is 1.07 bits per heavy atom. The van der Waals surface area contributed by atoms with Gasteiger partial charge in [-0.3, -0.25) is 14.5 Å². The first-order valence-electron chi connectivity index (χ1n) is 13.7. The fourth-order valence-electron chi connectivity index (χ4n) is 4.41. The van der Waals surface area contributed by atoms with Crippen molar-refractivity contribution in [3.05, 3.63) is 65.0 Å². The number of hydrogen-bond acceptors (Lipinski definition) is 9. The van der Waals surface area contributed by atoms with Crippen molar-refractivity contribution in [3.8, 4) is 5.75 Å². The van der Waals surface area contributed by atoms with Crippen molar-refractivity contribution in [3.63, 3.8) is 0 Å². The molecule has 2 heterocycles. The summed E-state index contributed by atoms with van der Waals surface area (Å²) in [7, 11) is -2.79. The maximum absolute atomic E-state index is 13.7. The molecule has 0 aliphatic carbocycles. The molecule has 1 aromatic carbocycles. The first-order valence-corrected chi connectivity index (χ1v) is 21.6. The number of fused-ring (bicyclic) bond motifs is 1. The minimum absolute atomic E-state index is 0.235. The fourth-order valence-corrected chi connectivity index (χ4v) is 7.23. The van der Waals surface area contributed by atoms with Crippen molar-refractivity contribution in [2.75, 3.05) is 12.9 Å². The molecule has 2 aliphatic rings. The third-order valence-electron chi connectivity index (χ3n) is 6.06. The third-order valence-corrected chi connectivity index (χ3v) is 9.01. The molecule has 1 aromatic rings. The molecule has 3 atom stereocenters. The number of ether oxygens (including phenoxy) is 1. The maximum atomic E-state index is 13.7. The van der Waals surface area contributed by atoms with E-state index in [1.165, 1.54) is 29.8 Å². The molecule has 228 valence electrons. The topological polar surface area (TPSA) is 123 Å². The Morgan fingerprint density at radius 2 is 1.71 bits per heavy atom. The van der Waals surface area contributed by atoms with Gasteiger partial charge in [-0.1, -0.05) is 24.3 Å². The number of thioether (sulfide) groups is 1. The van der Waals surface area contributed by atoms with Gasteiger partial charge >= 0.3 is 11.9 Å². The van der Waals surface area contributed by atoms with E-state index >= 15 is 0 Å². The predicted octanol–water partition coefficient (Wildman–Crippen LogP) is 4.22. The average Bonchev–Trinajstić information content (AvgIpc) is 2.88. The molecule has 2 amide bonds. The normalized spacial score (nSPS) is 20.0. The minimum atomic E-state index is -2.23. The Morgan fingerprint density at radius 3 is 2.26 bits per heavy atom. The molecule has 1 unspecified atom stereocenters. The minimum Gasteiger partial charge on any atom is -0.544 e. The lowest BCUT2D eigenvalue weighted by atomic mass is 10.0. The number of β-lactam (4-membered cyclic amide) rings is 1. The van der Waals surface area contributed by atoms with Crippen LogP contribution >= 0.6 is 11.8 Å². The summed E-state index contributed by atoms with van der Waals surface area (Å²) < 4.78 is 16.5. The zero-order chi connectivity index (χ0) is 31.4. The molecule has 2 aliphatic heterocycles. The number of rotatable bonds is 11. The van der Waals surface area contributed by atoms with E-state index in [0.29, 0.717) is 28.3 Å². The van der Waals surface area contributed by atoms with E-state index in [1.54, 1.807) is 31.2 Å². The van der Waals surface area contributed by atoms with Crippen molar-refractivity contribution in [2.45, 2.75) is 70.6 Å². The van der Waals surface area contributed by atoms with Crippen LogP contribution in [-0.4, -0.2) is 69.6 Å². The lowest BCUT2D eigenvalue weighted by molar-refractivity contribution is -0.150. The van der Waals surface area contributed by atoms with Crippen LogP contribution in [0.25, 0.3) is 0 Å². The first kappa shape index (κ1) is 33.2. The molecule has 10 nitrogen and oxygen atoms in total. The van der Waals surface area contributed by atoms with Gasteiger partial charge in [0.2, 0.25) is 22.5 Å². The Bertz CT molecular complexity index is 1310. The predicted molar refractivity (Wildman–Crippen MR) is 168 cm³/mol. The van der Waals surface area contributed by atoms with Crippen molar-refractivity contribution < 1.29 is 32.8 Å². The van der Waals surface area contributed by atoms with Gasteiger partial charge in [-0.25, -0.2) is 9.59 Å². The van der Waals surface area contributed by atoms with Crippen molar-refractivity contribution in [2.24, 2.45) is 0 Å². The molecule has 13 heteroatoms. The zero-order valence-corrected chi connectivity index (χ0v) is 28.5. The van der Waals surface area contributed by atoms with E-state index in [0.717, 1.165) is 0 Å². The molecule has 0 radical (unpaired) electrons. The van der Waals surface area contributed by atoms with Crippen LogP contribution in [-0.2, 0) is 28.3 Å². The molecule has 2 N–H and O–H groups in total. The van der Waals surface area contributed by atoms with Gasteiger partial charge in [0, 0.05) is 17.5 Å². The molecule has 42 heavy (non-hydrogen) atoms. The number of esters is 1. The summed E-state index contributed by atoms with van der Waals surface area (Å²) >= 11 is 1.47. The lowest BCUT2D eigenvalue weighted by Crippen LogP contribution is -2.71. The van der Waals surface area contributed by atoms with E-state index in [1.807, 2.05) is 38.7 Å². The smallest absolute Gasteiger partial charge is 0.342 e. The number of carbonyl (C=O) groups excluding carboxylic acids is 4. The molecular formula is C29H41N3O7SSi2. The summed E-state index contributed by atoms with van der Waals surface area (Å²) in [4.78, 5) is 53.6. The highest BCUT2D eigenvalue weighted by molar-refractivity contribution is 8.00. The van der Waals surface area contributed by atoms with Crippen LogP contribution in [0.5, 0.6) is 5.75 Å². The van der Waals surface area contributed by atoms with E-state index < -0.39 is 51.9 Å². The van der Waals surface area contributed by atoms with Gasteiger partial charge in [0.05, 0.1) is 7.11 Å². The van der Waals surface area contributed by atoms with Gasteiger partial charge in [-0.05, 0) is 76.4 Å². The summed E-state index contributed by atoms with van der Waals surface area (Å²) in [6.45, 7) is 15.5. The Balaban J connectivity index is 1.87. The van der Waals surface area contributed by atoms with Crippen LogP contribution < -0.4 is 15.1 Å². The Hall–Kier alpha value is -3.30. The monoisotopic (exact) mass is 631 g/mol. The summed E-state index contributed by atoms with van der Waals surface area (Å²) in [5.41, 5.74) is 1.97. The van der Waals surface area contributed by atoms with Crippen LogP contribution in [0.2, 0.25) is 39.3 Å². The van der Waals surface area contributed by atoms with Gasteiger partial charge < -0.3 is 24.2 Å². The second kappa shape index (κ2) is 13.3. The van der Waals surface area contributed by atoms with Crippen LogP contribution in [0.1, 0.15) is 25.5 Å². The summed E-state index contributed by atoms with van der Waals surface area (Å²) in [5, 5.41) is 5.50. The quantitative estimate of drug-likeness (QED) is 0.160. The Labute approximate surface area is 254 Å². The molecule has 0 spiro atoms. The first-order chi connectivity index (χ1) is 19.5. The largest absolute Gasteiger partial charge is 0.544 e. The molecule has 0 aromatic heterocycles. The van der Waals surface area contributed by atoms with Gasteiger partial charge in [0.15, 0.2) is 0 Å². The van der Waals surface area contributed by atoms with Crippen LogP contribution in [0.4, 0.5) is 0 Å². The number of nitrogens with one attached hydrogen (secondary N) is 2. The van der Waals surface area contributed by atoms with Gasteiger partial charge in [0.25, 0.3) is 5.91 Å². The molecule has 0 bridgehead atoms. The number of nitrogens with zero attached hydrogens (tertiary/aromatic N) is 1. The second-order valence-electron chi connectivity index (χ2n) is 12.0. The number of carbonyl (C=O) groups is 4. The number of amides is 2. The van der Waals surface area contributed by atoms with Crippen LogP contribution in [0, 0.1) is 0 Å². The van der Waals surface area contributed by atoms with E-state index in [4.69, 9.17) is 13.6 Å². The summed E-state index contributed by atoms with van der Waals surface area (Å²) in [6, 6.07) is 5.39. The summed E-state index contributed by atoms with van der Waals surface area (Å²) in [5.74, 6) is -0.743. The maximum Gasteiger partial charge on any atom is 0.342 e. The van der Waals surface area contributed by atoms with Gasteiger partial charge in [-0.2, -0.15) is 0 Å². The second-order valence-corrected chi connectivity index (χ2v) is 21.9. The van der Waals surface area contributed by atoms with Crippen LogP contribution in [0.15, 0.2) is 59.5 Å². The van der Waals surface area contributed by atoms with Crippen LogP contribution in [0.3, 0.4) is 0 Å². The average molecular weight is 632 g/mol. The highest BCUT2D eigenvalue weighted by Gasteiger charge is 2.54. The number of allylic oxidation sites excluding steroid dienone is 3. The number of methoxy groups -OCH3 is 1. The van der Waals surface area contributed by atoms with Gasteiger partial charge in [0.1, 0.15) is 28.9 Å². The van der Waals surface area contributed by atoms with Crippen molar-refractivity contribution in [1.82, 2.24) is 15.5 Å². The number of benzene rings is 1. The van der Waals surface area contributed by atoms with Crippen molar-refractivity contribution in [1.29, 1.82) is 0 Å². The number of hydrogen-bond donors (Lipinski definition) is 2. The molecule has 3 rings (SSSR count). The van der Waals surface area contributed by atoms with E-state index in [2.05, 4.69) is 30.3 Å². The zero-order valence-electron chi connectivity index (χ0n) is 25.7.